The highest BCUT2D eigenvalue weighted by molar-refractivity contribution is 7.61. The highest BCUT2D eigenvalue weighted by Crippen LogP contribution is 2.24. The van der Waals surface area contributed by atoms with Crippen molar-refractivity contribution in [3.63, 3.8) is 0 Å². The van der Waals surface area contributed by atoms with Crippen LogP contribution in [0.1, 0.15) is 25.0 Å². The van der Waals surface area contributed by atoms with Crippen molar-refractivity contribution in [1.29, 1.82) is 0 Å². The summed E-state index contributed by atoms with van der Waals surface area (Å²) in [5.41, 5.74) is 2.36. The lowest BCUT2D eigenvalue weighted by atomic mass is 10.0. The highest BCUT2D eigenvalue weighted by atomic mass is 31.1. The summed E-state index contributed by atoms with van der Waals surface area (Å²) in [5.74, 6) is 0. The maximum Gasteiger partial charge on any atom is 0.415 e. The molecule has 0 fully saturated rings. The van der Waals surface area contributed by atoms with Gasteiger partial charge in [-0.2, -0.15) is 0 Å². The smallest absolute Gasteiger partial charge is 0.381 e. The molecule has 0 N–H and O–H groups in total. The minimum atomic E-state index is -1.59. The van der Waals surface area contributed by atoms with E-state index in [1.807, 2.05) is 56.3 Å². The Morgan fingerprint density at radius 3 is 2.17 bits per heavy atom. The van der Waals surface area contributed by atoms with E-state index in [0.29, 0.717) is 26.4 Å². The molecule has 3 nitrogen and oxygen atoms in total. The summed E-state index contributed by atoms with van der Waals surface area (Å²) in [7, 11) is -1.59. The Balaban J connectivity index is 2.30. The molecule has 0 saturated carbocycles. The Bertz CT molecular complexity index is 641. The minimum Gasteiger partial charge on any atom is -0.381 e. The predicted molar refractivity (Wildman–Crippen MR) is 100 cm³/mol. The molecule has 0 bridgehead atoms. The summed E-state index contributed by atoms with van der Waals surface area (Å²) in [5, 5.41) is 1.79. The van der Waals surface area contributed by atoms with Crippen molar-refractivity contribution >= 4 is 18.4 Å². The zero-order valence-corrected chi connectivity index (χ0v) is 15.4. The first-order valence-corrected chi connectivity index (χ1v) is 9.82. The Labute approximate surface area is 145 Å². The number of rotatable bonds is 10. The highest BCUT2D eigenvalue weighted by Gasteiger charge is 2.27. The van der Waals surface area contributed by atoms with Gasteiger partial charge in [0.15, 0.2) is 10.6 Å². The quantitative estimate of drug-likeness (QED) is 0.487. The topological polar surface area (TPSA) is 35.5 Å². The van der Waals surface area contributed by atoms with Gasteiger partial charge in [0.05, 0.1) is 13.2 Å². The van der Waals surface area contributed by atoms with Crippen LogP contribution in [0, 0.1) is 0 Å². The molecule has 0 spiro atoms. The summed E-state index contributed by atoms with van der Waals surface area (Å²) < 4.78 is 24.1. The predicted octanol–water partition coefficient (Wildman–Crippen LogP) is 3.62. The molecule has 0 heterocycles. The van der Waals surface area contributed by atoms with Gasteiger partial charge in [-0.15, -0.1) is 0 Å². The molecule has 0 radical (unpaired) electrons. The van der Waals surface area contributed by atoms with Crippen LogP contribution in [-0.2, 0) is 26.9 Å². The summed E-state index contributed by atoms with van der Waals surface area (Å²) >= 11 is 0. The fraction of sp³-hybridized carbons (Fsp3) is 0.400. The van der Waals surface area contributed by atoms with Crippen LogP contribution in [-0.4, -0.2) is 26.4 Å². The molecule has 0 aliphatic carbocycles. The van der Waals surface area contributed by atoms with E-state index in [0.717, 1.165) is 29.0 Å². The zero-order chi connectivity index (χ0) is 17.2. The molecule has 0 saturated heterocycles. The van der Waals surface area contributed by atoms with Crippen molar-refractivity contribution in [2.75, 3.05) is 26.4 Å². The van der Waals surface area contributed by atoms with Crippen LogP contribution in [0.2, 0.25) is 0 Å². The molecule has 0 aliphatic rings. The van der Waals surface area contributed by atoms with Gasteiger partial charge in [0, 0.05) is 25.2 Å². The van der Waals surface area contributed by atoms with E-state index in [2.05, 4.69) is 6.07 Å². The van der Waals surface area contributed by atoms with Gasteiger partial charge in [-0.05, 0) is 44.0 Å². The number of hydrogen-bond acceptors (Lipinski definition) is 3. The van der Waals surface area contributed by atoms with Gasteiger partial charge < -0.3 is 9.47 Å². The fourth-order valence-corrected chi connectivity index (χ4v) is 4.12. The van der Waals surface area contributed by atoms with Crippen LogP contribution in [0.4, 0.5) is 0 Å². The van der Waals surface area contributed by atoms with Crippen LogP contribution in [0.25, 0.3) is 0 Å². The average Bonchev–Trinajstić information content (AvgIpc) is 2.63. The Morgan fingerprint density at radius 2 is 1.50 bits per heavy atom. The molecule has 4 heteroatoms. The first-order chi connectivity index (χ1) is 11.8. The van der Waals surface area contributed by atoms with E-state index >= 15 is 0 Å². The molecule has 24 heavy (non-hydrogen) atoms. The molecule has 128 valence electrons. The van der Waals surface area contributed by atoms with Crippen molar-refractivity contribution < 1.29 is 14.0 Å². The van der Waals surface area contributed by atoms with Crippen molar-refractivity contribution in [2.24, 2.45) is 0 Å². The van der Waals surface area contributed by atoms with Crippen LogP contribution < -0.4 is 10.6 Å². The Kier molecular flexibility index (Phi) is 8.11. The third kappa shape index (κ3) is 5.24. The normalized spacial score (nSPS) is 11.5. The van der Waals surface area contributed by atoms with Gasteiger partial charge >= 0.3 is 7.80 Å². The summed E-state index contributed by atoms with van der Waals surface area (Å²) in [6.07, 6.45) is 1.61. The molecule has 1 unspecified atom stereocenters. The van der Waals surface area contributed by atoms with Gasteiger partial charge in [-0.3, -0.25) is 0 Å². The Morgan fingerprint density at radius 1 is 0.833 bits per heavy atom. The van der Waals surface area contributed by atoms with Gasteiger partial charge in [-0.1, -0.05) is 34.9 Å². The fourth-order valence-electron chi connectivity index (χ4n) is 2.68. The molecular weight excluding hydrogens is 319 g/mol. The number of benzene rings is 2. The van der Waals surface area contributed by atoms with Crippen molar-refractivity contribution in [1.82, 2.24) is 0 Å². The second-order valence-electron chi connectivity index (χ2n) is 5.44. The lowest BCUT2D eigenvalue weighted by Crippen LogP contribution is -2.17. The third-order valence-electron chi connectivity index (χ3n) is 3.88. The second kappa shape index (κ2) is 10.4. The van der Waals surface area contributed by atoms with Crippen LogP contribution in [0.5, 0.6) is 0 Å². The lowest BCUT2D eigenvalue weighted by Gasteiger charge is -2.10. The van der Waals surface area contributed by atoms with Crippen LogP contribution in [0.3, 0.4) is 0 Å². The SMILES string of the molecule is CCOCCc1cccc([P+](=O)c2ccccc2)c1CCOCC. The molecule has 1 atom stereocenters. The maximum atomic E-state index is 13.1. The van der Waals surface area contributed by atoms with Gasteiger partial charge in [0.2, 0.25) is 0 Å². The summed E-state index contributed by atoms with van der Waals surface area (Å²) in [6, 6.07) is 15.8. The summed E-state index contributed by atoms with van der Waals surface area (Å²) in [4.78, 5) is 0. The minimum absolute atomic E-state index is 0.646. The molecule has 0 aliphatic heterocycles. The molecular formula is C20H26O3P+. The Hall–Kier alpha value is -1.54. The number of ether oxygens (including phenoxy) is 2. The van der Waals surface area contributed by atoms with Gasteiger partial charge in [0.1, 0.15) is 0 Å². The van der Waals surface area contributed by atoms with E-state index < -0.39 is 7.80 Å². The monoisotopic (exact) mass is 345 g/mol. The lowest BCUT2D eigenvalue weighted by molar-refractivity contribution is 0.147. The largest absolute Gasteiger partial charge is 0.415 e. The van der Waals surface area contributed by atoms with E-state index in [4.69, 9.17) is 9.47 Å². The maximum absolute atomic E-state index is 13.1. The van der Waals surface area contributed by atoms with Gasteiger partial charge in [-0.25, -0.2) is 0 Å². The standard InChI is InChI=1S/C20H26O3P/c1-3-22-15-13-17-9-8-12-20(19(17)14-16-23-4-2)24(21)18-10-6-5-7-11-18/h5-12H,3-4,13-16H2,1-2H3/q+1. The average molecular weight is 345 g/mol. The van der Waals surface area contributed by atoms with E-state index in [1.165, 1.54) is 5.56 Å². The van der Waals surface area contributed by atoms with Crippen LogP contribution >= 0.6 is 7.80 Å². The zero-order valence-electron chi connectivity index (χ0n) is 14.5. The van der Waals surface area contributed by atoms with E-state index in [9.17, 15) is 4.57 Å². The van der Waals surface area contributed by atoms with Gasteiger partial charge in [0.25, 0.3) is 0 Å². The molecule has 0 aromatic heterocycles. The molecule has 2 aromatic rings. The number of hydrogen-bond donors (Lipinski definition) is 0. The molecule has 2 aromatic carbocycles. The third-order valence-corrected chi connectivity index (χ3v) is 5.50. The second-order valence-corrected chi connectivity index (χ2v) is 7.03. The molecule has 2 rings (SSSR count). The summed E-state index contributed by atoms with van der Waals surface area (Å²) in [6.45, 7) is 6.73. The van der Waals surface area contributed by atoms with Crippen LogP contribution in [0.15, 0.2) is 48.5 Å². The molecule has 0 amide bonds. The van der Waals surface area contributed by atoms with Crippen molar-refractivity contribution in [3.05, 3.63) is 59.7 Å². The first-order valence-electron chi connectivity index (χ1n) is 8.56. The van der Waals surface area contributed by atoms with E-state index in [-0.39, 0.29) is 0 Å². The first kappa shape index (κ1) is 18.8. The van der Waals surface area contributed by atoms with Crippen molar-refractivity contribution in [2.45, 2.75) is 26.7 Å². The van der Waals surface area contributed by atoms with E-state index in [1.54, 1.807) is 0 Å². The van der Waals surface area contributed by atoms with Crippen molar-refractivity contribution in [3.8, 4) is 0 Å².